The lowest BCUT2D eigenvalue weighted by molar-refractivity contribution is -0.0931. The molecule has 0 heterocycles. The maximum Gasteiger partial charge on any atom is 0.0726 e. The van der Waals surface area contributed by atoms with Crippen molar-refractivity contribution in [3.8, 4) is 0 Å². The van der Waals surface area contributed by atoms with Crippen LogP contribution >= 0.6 is 0 Å². The van der Waals surface area contributed by atoms with Crippen LogP contribution in [0.2, 0.25) is 0 Å². The van der Waals surface area contributed by atoms with Crippen molar-refractivity contribution in [3.05, 3.63) is 0 Å². The van der Waals surface area contributed by atoms with Crippen LogP contribution in [0.15, 0.2) is 0 Å². The van der Waals surface area contributed by atoms with Gasteiger partial charge in [0.2, 0.25) is 0 Å². The number of hydrogen-bond donors (Lipinski definition) is 1. The fraction of sp³-hybridized carbons (Fsp3) is 1.00. The molecule has 0 radical (unpaired) electrons. The Morgan fingerprint density at radius 2 is 1.69 bits per heavy atom. The van der Waals surface area contributed by atoms with Crippen LogP contribution in [-0.2, 0) is 0 Å². The molecule has 0 aromatic rings. The Kier molecular flexibility index (Phi) is 3.06. The maximum atomic E-state index is 10.7. The summed E-state index contributed by atoms with van der Waals surface area (Å²) in [5, 5.41) is 10.7. The normalized spacial score (nSPS) is 32.8. The summed E-state index contributed by atoms with van der Waals surface area (Å²) in [6, 6.07) is 0. The Labute approximate surface area is 82.5 Å². The van der Waals surface area contributed by atoms with Crippen molar-refractivity contribution in [2.24, 2.45) is 11.3 Å². The quantitative estimate of drug-likeness (QED) is 0.713. The van der Waals surface area contributed by atoms with Crippen molar-refractivity contribution in [1.82, 2.24) is 0 Å². The van der Waals surface area contributed by atoms with Gasteiger partial charge in [0.05, 0.1) is 5.60 Å². The molecule has 0 spiro atoms. The zero-order chi connectivity index (χ0) is 10.1. The van der Waals surface area contributed by atoms with Crippen LogP contribution in [0.25, 0.3) is 0 Å². The van der Waals surface area contributed by atoms with Crippen molar-refractivity contribution in [1.29, 1.82) is 0 Å². The molecule has 0 aliphatic heterocycles. The highest BCUT2D eigenvalue weighted by atomic mass is 16.3. The summed E-state index contributed by atoms with van der Waals surface area (Å²) in [5.74, 6) is 0.491. The smallest absolute Gasteiger partial charge is 0.0726 e. The molecule has 1 N–H and O–H groups in total. The second-order valence-electron chi connectivity index (χ2n) is 5.18. The third kappa shape index (κ3) is 1.63. The molecule has 78 valence electrons. The minimum atomic E-state index is -0.392. The van der Waals surface area contributed by atoms with E-state index in [1.54, 1.807) is 0 Å². The lowest BCUT2D eigenvalue weighted by Gasteiger charge is -2.42. The first-order valence-corrected chi connectivity index (χ1v) is 5.70. The molecular formula is C12H24O. The number of rotatable bonds is 3. The fourth-order valence-corrected chi connectivity index (χ4v) is 3.08. The predicted octanol–water partition coefficient (Wildman–Crippen LogP) is 3.36. The monoisotopic (exact) mass is 184 g/mol. The van der Waals surface area contributed by atoms with E-state index in [1.165, 1.54) is 12.8 Å². The molecule has 1 fully saturated rings. The summed E-state index contributed by atoms with van der Waals surface area (Å²) >= 11 is 0. The van der Waals surface area contributed by atoms with Gasteiger partial charge in [0.25, 0.3) is 0 Å². The zero-order valence-electron chi connectivity index (χ0n) is 9.56. The van der Waals surface area contributed by atoms with Crippen LogP contribution in [0.1, 0.15) is 59.8 Å². The molecule has 1 aliphatic rings. The highest BCUT2D eigenvalue weighted by Crippen LogP contribution is 2.51. The van der Waals surface area contributed by atoms with Crippen molar-refractivity contribution < 1.29 is 5.11 Å². The van der Waals surface area contributed by atoms with Gasteiger partial charge in [-0.1, -0.05) is 40.5 Å². The van der Waals surface area contributed by atoms with Crippen LogP contribution in [-0.4, -0.2) is 10.7 Å². The third-order valence-electron chi connectivity index (χ3n) is 4.19. The first kappa shape index (κ1) is 11.0. The Balaban J connectivity index is 2.84. The van der Waals surface area contributed by atoms with Gasteiger partial charge in [-0.05, 0) is 30.6 Å². The van der Waals surface area contributed by atoms with Gasteiger partial charge in [-0.15, -0.1) is 0 Å². The summed E-state index contributed by atoms with van der Waals surface area (Å²) in [4.78, 5) is 0. The van der Waals surface area contributed by atoms with Crippen LogP contribution in [0, 0.1) is 11.3 Å². The first-order chi connectivity index (χ1) is 5.98. The summed E-state index contributed by atoms with van der Waals surface area (Å²) < 4.78 is 0. The lowest BCUT2D eigenvalue weighted by atomic mass is 9.68. The van der Waals surface area contributed by atoms with E-state index in [4.69, 9.17) is 0 Å². The molecule has 1 atom stereocenters. The Morgan fingerprint density at radius 3 is 2.00 bits per heavy atom. The van der Waals surface area contributed by atoms with E-state index in [-0.39, 0.29) is 5.41 Å². The summed E-state index contributed by atoms with van der Waals surface area (Å²) in [7, 11) is 0. The average Bonchev–Trinajstić information content (AvgIpc) is 2.30. The van der Waals surface area contributed by atoms with Gasteiger partial charge < -0.3 is 5.11 Å². The molecule has 0 saturated heterocycles. The van der Waals surface area contributed by atoms with Crippen molar-refractivity contribution in [3.63, 3.8) is 0 Å². The SMILES string of the molecule is CCC(CC)C1(O)CCCC1(C)C. The van der Waals surface area contributed by atoms with Gasteiger partial charge in [0, 0.05) is 0 Å². The van der Waals surface area contributed by atoms with Gasteiger partial charge >= 0.3 is 0 Å². The number of hydrogen-bond acceptors (Lipinski definition) is 1. The Bertz CT molecular complexity index is 170. The highest BCUT2D eigenvalue weighted by molar-refractivity contribution is 5.01. The van der Waals surface area contributed by atoms with Crippen LogP contribution in [0.4, 0.5) is 0 Å². The van der Waals surface area contributed by atoms with Gasteiger partial charge in [-0.25, -0.2) is 0 Å². The number of aliphatic hydroxyl groups is 1. The second-order valence-corrected chi connectivity index (χ2v) is 5.18. The van der Waals surface area contributed by atoms with Crippen LogP contribution < -0.4 is 0 Å². The molecule has 1 aliphatic carbocycles. The standard InChI is InChI=1S/C12H24O/c1-5-10(6-2)12(13)9-7-8-11(12,3)4/h10,13H,5-9H2,1-4H3. The minimum absolute atomic E-state index is 0.129. The molecule has 0 aromatic heterocycles. The second kappa shape index (κ2) is 3.61. The molecule has 1 unspecified atom stereocenters. The van der Waals surface area contributed by atoms with E-state index >= 15 is 0 Å². The van der Waals surface area contributed by atoms with Gasteiger partial charge in [0.1, 0.15) is 0 Å². The minimum Gasteiger partial charge on any atom is -0.389 e. The Morgan fingerprint density at radius 1 is 1.15 bits per heavy atom. The van der Waals surface area contributed by atoms with Crippen molar-refractivity contribution in [2.75, 3.05) is 0 Å². The maximum absolute atomic E-state index is 10.7. The van der Waals surface area contributed by atoms with Crippen LogP contribution in [0.3, 0.4) is 0 Å². The zero-order valence-corrected chi connectivity index (χ0v) is 9.56. The average molecular weight is 184 g/mol. The molecule has 0 amide bonds. The van der Waals surface area contributed by atoms with E-state index in [0.29, 0.717) is 5.92 Å². The summed E-state index contributed by atoms with van der Waals surface area (Å²) in [5.41, 5.74) is -0.264. The Hall–Kier alpha value is -0.0400. The topological polar surface area (TPSA) is 20.2 Å². The molecule has 1 rings (SSSR count). The molecule has 13 heavy (non-hydrogen) atoms. The molecule has 1 heteroatoms. The molecule has 1 nitrogen and oxygen atoms in total. The van der Waals surface area contributed by atoms with E-state index < -0.39 is 5.60 Å². The highest BCUT2D eigenvalue weighted by Gasteiger charge is 2.50. The van der Waals surface area contributed by atoms with Crippen molar-refractivity contribution in [2.45, 2.75) is 65.4 Å². The van der Waals surface area contributed by atoms with Crippen molar-refractivity contribution >= 4 is 0 Å². The van der Waals surface area contributed by atoms with E-state index in [0.717, 1.165) is 19.3 Å². The summed E-state index contributed by atoms with van der Waals surface area (Å²) in [6.45, 7) is 8.83. The molecular weight excluding hydrogens is 160 g/mol. The predicted molar refractivity (Wildman–Crippen MR) is 56.7 cm³/mol. The lowest BCUT2D eigenvalue weighted by Crippen LogP contribution is -2.46. The largest absolute Gasteiger partial charge is 0.389 e. The van der Waals surface area contributed by atoms with Crippen LogP contribution in [0.5, 0.6) is 0 Å². The van der Waals surface area contributed by atoms with Gasteiger partial charge in [-0.2, -0.15) is 0 Å². The third-order valence-corrected chi connectivity index (χ3v) is 4.19. The summed E-state index contributed by atoms with van der Waals surface area (Å²) in [6.07, 6.45) is 5.60. The van der Waals surface area contributed by atoms with Gasteiger partial charge in [-0.3, -0.25) is 0 Å². The molecule has 0 bridgehead atoms. The fourth-order valence-electron chi connectivity index (χ4n) is 3.08. The van der Waals surface area contributed by atoms with E-state index in [2.05, 4.69) is 27.7 Å². The first-order valence-electron chi connectivity index (χ1n) is 5.70. The molecule has 1 saturated carbocycles. The molecule has 0 aromatic carbocycles. The van der Waals surface area contributed by atoms with E-state index in [1.807, 2.05) is 0 Å². The van der Waals surface area contributed by atoms with Gasteiger partial charge in [0.15, 0.2) is 0 Å². The van der Waals surface area contributed by atoms with E-state index in [9.17, 15) is 5.11 Å².